The summed E-state index contributed by atoms with van der Waals surface area (Å²) in [5.41, 5.74) is 13.4. The number of hydrogen-bond donors (Lipinski definition) is 3. The Hall–Kier alpha value is -3.15. The molecule has 8 nitrogen and oxygen atoms in total. The van der Waals surface area contributed by atoms with E-state index in [-0.39, 0.29) is 34.9 Å². The third kappa shape index (κ3) is 6.83. The van der Waals surface area contributed by atoms with Crippen molar-refractivity contribution >= 4 is 34.7 Å². The molecule has 2 unspecified atom stereocenters. The highest BCUT2D eigenvalue weighted by atomic mass is 35.5. The van der Waals surface area contributed by atoms with E-state index < -0.39 is 24.3 Å². The van der Waals surface area contributed by atoms with Crippen LogP contribution in [0, 0.1) is 5.92 Å². The molecule has 12 heteroatoms. The second kappa shape index (κ2) is 11.7. The minimum Gasteiger partial charge on any atom is -0.480 e. The summed E-state index contributed by atoms with van der Waals surface area (Å²) < 4.78 is 54.0. The number of carboxylic acid groups (broad SMARTS) is 1. The average Bonchev–Trinajstić information content (AvgIpc) is 2.87. The maximum atomic E-state index is 14.4. The predicted octanol–water partition coefficient (Wildman–Crippen LogP) is 5.18. The summed E-state index contributed by atoms with van der Waals surface area (Å²) in [6, 6.07) is 4.54. The topological polar surface area (TPSA) is 134 Å². The molecule has 2 aromatic rings. The van der Waals surface area contributed by atoms with Gasteiger partial charge in [0.05, 0.1) is 18.9 Å². The first-order chi connectivity index (χ1) is 18.0. The third-order valence-corrected chi connectivity index (χ3v) is 6.80. The Morgan fingerprint density at radius 3 is 2.66 bits per heavy atom. The Kier molecular flexibility index (Phi) is 8.59. The first-order valence-electron chi connectivity index (χ1n) is 12.1. The van der Waals surface area contributed by atoms with E-state index in [0.29, 0.717) is 55.5 Å². The molecule has 1 aliphatic carbocycles. The highest BCUT2D eigenvalue weighted by Gasteiger charge is 2.45. The highest BCUT2D eigenvalue weighted by molar-refractivity contribution is 6.30. The minimum absolute atomic E-state index is 0.0794. The fraction of sp³-hybridized carbons (Fsp3) is 0.423. The van der Waals surface area contributed by atoms with Gasteiger partial charge in [0.25, 0.3) is 0 Å². The standard InChI is InChI=1S/C26H28ClF3N4O4/c27-17-7-8-18(19(11-17)16-2-1-9-37-13-16)23(26(28,29)30)38-22-12-21(33-25(32)34-22)15-5-3-14(4-6-15)10-20(31)24(35)36/h2,5,7-8,11-12,14,20,23H,1,3-4,6,9-10,13,31H2,(H,35,36)(H2,32,33,34)/t14-,20?,23?/m0/s1. The second-order valence-electron chi connectivity index (χ2n) is 9.34. The van der Waals surface area contributed by atoms with Crippen LogP contribution in [0.25, 0.3) is 11.1 Å². The van der Waals surface area contributed by atoms with Crippen molar-refractivity contribution in [1.82, 2.24) is 9.97 Å². The van der Waals surface area contributed by atoms with Gasteiger partial charge in [0.2, 0.25) is 17.9 Å². The third-order valence-electron chi connectivity index (χ3n) is 6.56. The summed E-state index contributed by atoms with van der Waals surface area (Å²) in [6.45, 7) is 0.652. The number of carbonyl (C=O) groups is 1. The fourth-order valence-electron chi connectivity index (χ4n) is 4.67. The molecule has 0 bridgehead atoms. The van der Waals surface area contributed by atoms with Crippen molar-refractivity contribution in [1.29, 1.82) is 0 Å². The van der Waals surface area contributed by atoms with E-state index in [0.717, 1.165) is 5.57 Å². The summed E-state index contributed by atoms with van der Waals surface area (Å²) in [5, 5.41) is 9.33. The maximum Gasteiger partial charge on any atom is 0.429 e. The molecular weight excluding hydrogens is 525 g/mol. The van der Waals surface area contributed by atoms with Crippen LogP contribution in [0.5, 0.6) is 5.88 Å². The van der Waals surface area contributed by atoms with Crippen LogP contribution in [0.3, 0.4) is 0 Å². The van der Waals surface area contributed by atoms with Gasteiger partial charge in [0.15, 0.2) is 0 Å². The van der Waals surface area contributed by atoms with Crippen LogP contribution in [0.4, 0.5) is 19.1 Å². The van der Waals surface area contributed by atoms with Gasteiger partial charge < -0.3 is 26.0 Å². The Balaban J connectivity index is 1.62. The molecule has 2 aliphatic rings. The fourth-order valence-corrected chi connectivity index (χ4v) is 4.84. The van der Waals surface area contributed by atoms with Crippen LogP contribution in [0.15, 0.2) is 36.4 Å². The molecule has 5 N–H and O–H groups in total. The van der Waals surface area contributed by atoms with Crippen molar-refractivity contribution in [3.05, 3.63) is 58.3 Å². The number of ether oxygens (including phenoxy) is 2. The second-order valence-corrected chi connectivity index (χ2v) is 9.78. The molecule has 1 aromatic heterocycles. The molecule has 38 heavy (non-hydrogen) atoms. The van der Waals surface area contributed by atoms with Gasteiger partial charge in [-0.2, -0.15) is 18.2 Å². The number of nitrogens with two attached hydrogens (primary N) is 2. The van der Waals surface area contributed by atoms with Gasteiger partial charge in [0.1, 0.15) is 6.04 Å². The lowest BCUT2D eigenvalue weighted by Crippen LogP contribution is -2.32. The molecule has 0 radical (unpaired) electrons. The van der Waals surface area contributed by atoms with Gasteiger partial charge in [0, 0.05) is 16.7 Å². The molecule has 0 saturated carbocycles. The van der Waals surface area contributed by atoms with E-state index >= 15 is 0 Å². The number of nitrogens with zero attached hydrogens (tertiary/aromatic N) is 2. The monoisotopic (exact) mass is 552 g/mol. The SMILES string of the molecule is Nc1nc(OC(c2ccc(Cl)cc2C2=CCCOC2)C(F)(F)F)cc(C2=CC[C@H](CC(N)C(=O)O)CC2)n1. The van der Waals surface area contributed by atoms with Crippen LogP contribution in [-0.2, 0) is 9.53 Å². The first kappa shape index (κ1) is 27.9. The number of benzene rings is 1. The predicted molar refractivity (Wildman–Crippen MR) is 136 cm³/mol. The number of rotatable bonds is 8. The summed E-state index contributed by atoms with van der Waals surface area (Å²) in [4.78, 5) is 19.1. The molecule has 1 aliphatic heterocycles. The van der Waals surface area contributed by atoms with E-state index in [2.05, 4.69) is 9.97 Å². The van der Waals surface area contributed by atoms with E-state index in [1.54, 1.807) is 0 Å². The van der Waals surface area contributed by atoms with Gasteiger partial charge >= 0.3 is 12.1 Å². The molecule has 0 saturated heterocycles. The Morgan fingerprint density at radius 1 is 1.24 bits per heavy atom. The van der Waals surface area contributed by atoms with E-state index in [4.69, 9.17) is 37.6 Å². The maximum absolute atomic E-state index is 14.4. The minimum atomic E-state index is -4.78. The van der Waals surface area contributed by atoms with E-state index in [1.165, 1.54) is 24.3 Å². The smallest absolute Gasteiger partial charge is 0.429 e. The lowest BCUT2D eigenvalue weighted by molar-refractivity contribution is -0.198. The Morgan fingerprint density at radius 2 is 2.03 bits per heavy atom. The number of nitrogen functional groups attached to an aromatic ring is 1. The Bertz CT molecular complexity index is 1250. The number of aromatic nitrogens is 2. The van der Waals surface area contributed by atoms with Crippen LogP contribution < -0.4 is 16.2 Å². The Labute approximate surface area is 222 Å². The van der Waals surface area contributed by atoms with Gasteiger partial charge in [-0.3, -0.25) is 4.79 Å². The van der Waals surface area contributed by atoms with Gasteiger partial charge in [-0.15, -0.1) is 0 Å². The molecule has 1 aromatic carbocycles. The van der Waals surface area contributed by atoms with Crippen molar-refractivity contribution in [2.45, 2.75) is 50.4 Å². The van der Waals surface area contributed by atoms with Crippen molar-refractivity contribution in [3.8, 4) is 5.88 Å². The van der Waals surface area contributed by atoms with Crippen LogP contribution in [-0.4, -0.2) is 46.5 Å². The molecule has 4 rings (SSSR count). The van der Waals surface area contributed by atoms with Gasteiger partial charge in [-0.1, -0.05) is 29.8 Å². The number of alkyl halides is 3. The van der Waals surface area contributed by atoms with Crippen molar-refractivity contribution < 1.29 is 32.5 Å². The van der Waals surface area contributed by atoms with Crippen LogP contribution >= 0.6 is 11.6 Å². The van der Waals surface area contributed by atoms with Crippen molar-refractivity contribution in [2.75, 3.05) is 18.9 Å². The number of halogens is 4. The summed E-state index contributed by atoms with van der Waals surface area (Å²) >= 11 is 6.13. The summed E-state index contributed by atoms with van der Waals surface area (Å²) in [6.07, 6.45) is -0.760. The number of anilines is 1. The van der Waals surface area contributed by atoms with Crippen LogP contribution in [0.2, 0.25) is 5.02 Å². The molecule has 0 fully saturated rings. The zero-order valence-electron chi connectivity index (χ0n) is 20.4. The molecule has 0 amide bonds. The lowest BCUT2D eigenvalue weighted by Gasteiger charge is -2.26. The largest absolute Gasteiger partial charge is 0.480 e. The quantitative estimate of drug-likeness (QED) is 0.408. The molecule has 3 atom stereocenters. The van der Waals surface area contributed by atoms with Crippen molar-refractivity contribution in [3.63, 3.8) is 0 Å². The van der Waals surface area contributed by atoms with E-state index in [1.807, 2.05) is 12.2 Å². The molecule has 204 valence electrons. The number of allylic oxidation sites excluding steroid dienone is 2. The lowest BCUT2D eigenvalue weighted by atomic mass is 9.84. The summed E-state index contributed by atoms with van der Waals surface area (Å²) in [5.74, 6) is -1.52. The first-order valence-corrected chi connectivity index (χ1v) is 12.5. The molecular formula is C26H28ClF3N4O4. The average molecular weight is 553 g/mol. The number of aliphatic carboxylic acids is 1. The number of carboxylic acids is 1. The van der Waals surface area contributed by atoms with E-state index in [9.17, 15) is 18.0 Å². The van der Waals surface area contributed by atoms with Crippen LogP contribution in [0.1, 0.15) is 55.0 Å². The molecule has 0 spiro atoms. The highest BCUT2D eigenvalue weighted by Crippen LogP contribution is 2.41. The van der Waals surface area contributed by atoms with Crippen molar-refractivity contribution in [2.24, 2.45) is 11.7 Å². The summed E-state index contributed by atoms with van der Waals surface area (Å²) in [7, 11) is 0. The normalized spacial score (nSPS) is 19.8. The molecule has 2 heterocycles. The number of hydrogen-bond acceptors (Lipinski definition) is 7. The van der Waals surface area contributed by atoms with Gasteiger partial charge in [-0.05, 0) is 66.9 Å². The van der Waals surface area contributed by atoms with Gasteiger partial charge in [-0.25, -0.2) is 4.98 Å². The zero-order chi connectivity index (χ0) is 27.4. The zero-order valence-corrected chi connectivity index (χ0v) is 21.1.